The van der Waals surface area contributed by atoms with Gasteiger partial charge in [-0.1, -0.05) is 0 Å². The number of carboxylic acid groups (broad SMARTS) is 1. The van der Waals surface area contributed by atoms with Gasteiger partial charge in [-0.05, 0) is 6.07 Å². The minimum absolute atomic E-state index is 0.0306. The molecule has 2 heterocycles. The van der Waals surface area contributed by atoms with E-state index < -0.39 is 5.97 Å². The first-order valence-electron chi connectivity index (χ1n) is 3.29. The molecule has 0 aliphatic rings. The third kappa shape index (κ3) is 0.914. The molecular weight excluding hydrogens is 158 g/mol. The first-order valence-corrected chi connectivity index (χ1v) is 3.29. The number of aromatic nitrogens is 3. The van der Waals surface area contributed by atoms with Gasteiger partial charge in [0.15, 0.2) is 5.69 Å². The van der Waals surface area contributed by atoms with Crippen molar-refractivity contribution in [1.82, 2.24) is 14.4 Å². The molecular formula is C7H5N3O2. The second kappa shape index (κ2) is 2.30. The van der Waals surface area contributed by atoms with Gasteiger partial charge in [0.25, 0.3) is 0 Å². The molecule has 12 heavy (non-hydrogen) atoms. The molecule has 60 valence electrons. The molecule has 0 saturated carbocycles. The van der Waals surface area contributed by atoms with Gasteiger partial charge in [-0.25, -0.2) is 14.8 Å². The van der Waals surface area contributed by atoms with Crippen LogP contribution >= 0.6 is 0 Å². The van der Waals surface area contributed by atoms with Crippen LogP contribution < -0.4 is 0 Å². The second-order valence-electron chi connectivity index (χ2n) is 2.28. The summed E-state index contributed by atoms with van der Waals surface area (Å²) < 4.78 is 1.56. The van der Waals surface area contributed by atoms with Crippen LogP contribution in [0.5, 0.6) is 0 Å². The topological polar surface area (TPSA) is 67.5 Å². The van der Waals surface area contributed by atoms with E-state index in [1.807, 2.05) is 0 Å². The Kier molecular flexibility index (Phi) is 1.30. The fourth-order valence-corrected chi connectivity index (χ4v) is 0.947. The maximum atomic E-state index is 10.5. The smallest absolute Gasteiger partial charge is 0.356 e. The largest absolute Gasteiger partial charge is 0.476 e. The highest BCUT2D eigenvalue weighted by atomic mass is 16.4. The van der Waals surface area contributed by atoms with Gasteiger partial charge in [-0.15, -0.1) is 0 Å². The Balaban J connectivity index is 2.70. The van der Waals surface area contributed by atoms with Gasteiger partial charge in [0.2, 0.25) is 0 Å². The maximum Gasteiger partial charge on any atom is 0.356 e. The molecule has 5 heteroatoms. The highest BCUT2D eigenvalue weighted by Gasteiger charge is 2.06. The molecule has 0 bridgehead atoms. The molecule has 0 aliphatic heterocycles. The Bertz CT molecular complexity index is 402. The van der Waals surface area contributed by atoms with Gasteiger partial charge < -0.3 is 5.11 Å². The fraction of sp³-hybridized carbons (Fsp3) is 0. The number of carbonyl (C=O) groups is 1. The van der Waals surface area contributed by atoms with Crippen molar-refractivity contribution in [3.8, 4) is 0 Å². The summed E-state index contributed by atoms with van der Waals surface area (Å²) in [6, 6.07) is 1.65. The van der Waals surface area contributed by atoms with Gasteiger partial charge in [0.1, 0.15) is 12.0 Å². The predicted octanol–water partition coefficient (Wildman–Crippen LogP) is 0.427. The van der Waals surface area contributed by atoms with Crippen LogP contribution in [0, 0.1) is 0 Å². The van der Waals surface area contributed by atoms with Crippen molar-refractivity contribution in [2.45, 2.75) is 0 Å². The van der Waals surface area contributed by atoms with Crippen LogP contribution in [0.1, 0.15) is 10.5 Å². The Morgan fingerprint density at radius 1 is 1.58 bits per heavy atom. The van der Waals surface area contributed by atoms with Crippen molar-refractivity contribution in [3.63, 3.8) is 0 Å². The number of rotatable bonds is 1. The molecule has 2 aromatic rings. The first-order chi connectivity index (χ1) is 5.77. The zero-order chi connectivity index (χ0) is 8.55. The number of imidazole rings is 1. The van der Waals surface area contributed by atoms with Crippen molar-refractivity contribution >= 4 is 11.6 Å². The molecule has 5 nitrogen and oxygen atoms in total. The molecule has 0 aromatic carbocycles. The standard InChI is InChI=1S/C7H5N3O2/c11-7(12)5-3-10-4-8-2-1-6(10)9-5/h1-4H,(H,11,12). The number of carboxylic acids is 1. The summed E-state index contributed by atoms with van der Waals surface area (Å²) in [5.41, 5.74) is 0.616. The molecule has 0 radical (unpaired) electrons. The summed E-state index contributed by atoms with van der Waals surface area (Å²) in [6.45, 7) is 0. The van der Waals surface area contributed by atoms with E-state index in [-0.39, 0.29) is 5.69 Å². The molecule has 0 spiro atoms. The molecule has 0 atom stereocenters. The Morgan fingerprint density at radius 2 is 2.42 bits per heavy atom. The third-order valence-corrected chi connectivity index (χ3v) is 1.48. The van der Waals surface area contributed by atoms with Crippen molar-refractivity contribution in [3.05, 3.63) is 30.5 Å². The van der Waals surface area contributed by atoms with Crippen molar-refractivity contribution in [2.24, 2.45) is 0 Å². The minimum Gasteiger partial charge on any atom is -0.476 e. The third-order valence-electron chi connectivity index (χ3n) is 1.48. The van der Waals surface area contributed by atoms with E-state index in [1.165, 1.54) is 12.5 Å². The zero-order valence-electron chi connectivity index (χ0n) is 6.01. The molecule has 2 aromatic heterocycles. The quantitative estimate of drug-likeness (QED) is 0.661. The summed E-state index contributed by atoms with van der Waals surface area (Å²) in [7, 11) is 0. The lowest BCUT2D eigenvalue weighted by molar-refractivity contribution is 0.0691. The SMILES string of the molecule is O=C(O)c1cn2cnccc2n1. The van der Waals surface area contributed by atoms with E-state index >= 15 is 0 Å². The molecule has 0 fully saturated rings. The van der Waals surface area contributed by atoms with Crippen molar-refractivity contribution in [1.29, 1.82) is 0 Å². The summed E-state index contributed by atoms with van der Waals surface area (Å²) >= 11 is 0. The highest BCUT2D eigenvalue weighted by Crippen LogP contribution is 2.02. The van der Waals surface area contributed by atoms with Crippen LogP contribution in [0.25, 0.3) is 5.65 Å². The van der Waals surface area contributed by atoms with Gasteiger partial charge in [-0.2, -0.15) is 0 Å². The zero-order valence-corrected chi connectivity index (χ0v) is 6.01. The van der Waals surface area contributed by atoms with E-state index in [2.05, 4.69) is 9.97 Å². The molecule has 2 rings (SSSR count). The predicted molar refractivity (Wildman–Crippen MR) is 39.9 cm³/mol. The van der Waals surface area contributed by atoms with E-state index in [4.69, 9.17) is 5.11 Å². The van der Waals surface area contributed by atoms with Crippen LogP contribution in [0.3, 0.4) is 0 Å². The van der Waals surface area contributed by atoms with Gasteiger partial charge in [-0.3, -0.25) is 4.40 Å². The number of hydrogen-bond donors (Lipinski definition) is 1. The summed E-state index contributed by atoms with van der Waals surface area (Å²) in [5, 5.41) is 8.59. The Hall–Kier alpha value is -1.91. The number of fused-ring (bicyclic) bond motifs is 1. The van der Waals surface area contributed by atoms with Crippen LogP contribution in [-0.4, -0.2) is 25.4 Å². The van der Waals surface area contributed by atoms with E-state index in [1.54, 1.807) is 16.7 Å². The van der Waals surface area contributed by atoms with Gasteiger partial charge >= 0.3 is 5.97 Å². The van der Waals surface area contributed by atoms with Crippen LogP contribution in [0.4, 0.5) is 0 Å². The minimum atomic E-state index is -1.03. The lowest BCUT2D eigenvalue weighted by Gasteiger charge is -1.85. The average Bonchev–Trinajstić information content (AvgIpc) is 2.46. The molecule has 0 aliphatic carbocycles. The average molecular weight is 163 g/mol. The number of nitrogens with zero attached hydrogens (tertiary/aromatic N) is 3. The fourth-order valence-electron chi connectivity index (χ4n) is 0.947. The number of hydrogen-bond acceptors (Lipinski definition) is 3. The van der Waals surface area contributed by atoms with Crippen molar-refractivity contribution < 1.29 is 9.90 Å². The van der Waals surface area contributed by atoms with E-state index in [9.17, 15) is 4.79 Å². The van der Waals surface area contributed by atoms with Crippen LogP contribution in [0.15, 0.2) is 24.8 Å². The summed E-state index contributed by atoms with van der Waals surface area (Å²) in [4.78, 5) is 18.1. The van der Waals surface area contributed by atoms with E-state index in [0.29, 0.717) is 5.65 Å². The summed E-state index contributed by atoms with van der Waals surface area (Å²) in [5.74, 6) is -1.03. The highest BCUT2D eigenvalue weighted by molar-refractivity contribution is 5.86. The Labute approximate surface area is 67.3 Å². The Morgan fingerprint density at radius 3 is 3.08 bits per heavy atom. The van der Waals surface area contributed by atoms with Gasteiger partial charge in [0.05, 0.1) is 0 Å². The lowest BCUT2D eigenvalue weighted by Crippen LogP contribution is -1.94. The molecule has 0 saturated heterocycles. The van der Waals surface area contributed by atoms with Crippen LogP contribution in [0.2, 0.25) is 0 Å². The lowest BCUT2D eigenvalue weighted by atomic mass is 10.5. The molecule has 0 unspecified atom stereocenters. The number of aromatic carboxylic acids is 1. The molecule has 1 N–H and O–H groups in total. The maximum absolute atomic E-state index is 10.5. The normalized spacial score (nSPS) is 10.3. The van der Waals surface area contributed by atoms with Crippen LogP contribution in [-0.2, 0) is 0 Å². The second-order valence-corrected chi connectivity index (χ2v) is 2.28. The monoisotopic (exact) mass is 163 g/mol. The summed E-state index contributed by atoms with van der Waals surface area (Å²) in [6.07, 6.45) is 4.49. The first kappa shape index (κ1) is 6.78. The van der Waals surface area contributed by atoms with E-state index in [0.717, 1.165) is 0 Å². The molecule has 0 amide bonds. The van der Waals surface area contributed by atoms with Gasteiger partial charge in [0, 0.05) is 12.4 Å². The van der Waals surface area contributed by atoms with Crippen molar-refractivity contribution in [2.75, 3.05) is 0 Å².